The summed E-state index contributed by atoms with van der Waals surface area (Å²) in [7, 11) is 1.39. The molecule has 0 saturated carbocycles. The molecule has 1 aromatic heterocycles. The Morgan fingerprint density at radius 1 is 1.00 bits per heavy atom. The first-order chi connectivity index (χ1) is 14.6. The molecule has 2 N–H and O–H groups in total. The number of carbonyl (C=O) groups is 1. The van der Waals surface area contributed by atoms with E-state index in [4.69, 9.17) is 14.2 Å². The topological polar surface area (TPSA) is 98.1 Å². The van der Waals surface area contributed by atoms with Crippen molar-refractivity contribution >= 4 is 11.5 Å². The number of ether oxygens (including phenoxy) is 3. The maximum absolute atomic E-state index is 11.6. The minimum Gasteiger partial charge on any atom is -0.508 e. The van der Waals surface area contributed by atoms with Crippen LogP contribution in [0.4, 0.5) is 0 Å². The molecular formula is C23H21NO6. The number of carboxylic acids is 1. The highest BCUT2D eigenvalue weighted by molar-refractivity contribution is 6.15. The van der Waals surface area contributed by atoms with Gasteiger partial charge < -0.3 is 24.4 Å². The van der Waals surface area contributed by atoms with Crippen LogP contribution in [0, 0.1) is 0 Å². The maximum Gasteiger partial charge on any atom is 0.339 e. The van der Waals surface area contributed by atoms with Crippen LogP contribution < -0.4 is 9.47 Å². The second-order valence-electron chi connectivity index (χ2n) is 6.32. The number of aliphatic carboxylic acids is 1. The van der Waals surface area contributed by atoms with E-state index in [1.165, 1.54) is 25.5 Å². The van der Waals surface area contributed by atoms with Crippen molar-refractivity contribution in [1.82, 2.24) is 4.98 Å². The molecule has 7 nitrogen and oxygen atoms in total. The molecule has 0 atom stereocenters. The molecule has 0 spiro atoms. The van der Waals surface area contributed by atoms with Crippen LogP contribution in [0.3, 0.4) is 0 Å². The fourth-order valence-corrected chi connectivity index (χ4v) is 2.79. The number of rotatable bonds is 9. The molecule has 0 aliphatic carbocycles. The van der Waals surface area contributed by atoms with Gasteiger partial charge in [0.15, 0.2) is 0 Å². The molecule has 30 heavy (non-hydrogen) atoms. The number of aromatic hydroxyl groups is 1. The first kappa shape index (κ1) is 20.7. The Morgan fingerprint density at radius 2 is 1.67 bits per heavy atom. The van der Waals surface area contributed by atoms with E-state index >= 15 is 0 Å². The second kappa shape index (κ2) is 9.97. The average molecular weight is 407 g/mol. The molecular weight excluding hydrogens is 386 g/mol. The zero-order valence-electron chi connectivity index (χ0n) is 16.3. The van der Waals surface area contributed by atoms with Crippen LogP contribution in [0.5, 0.6) is 17.2 Å². The zero-order valence-corrected chi connectivity index (χ0v) is 16.3. The fourth-order valence-electron chi connectivity index (χ4n) is 2.79. The lowest BCUT2D eigenvalue weighted by atomic mass is 10.0. The van der Waals surface area contributed by atoms with Crippen molar-refractivity contribution < 1.29 is 29.2 Å². The van der Waals surface area contributed by atoms with Crippen molar-refractivity contribution in [2.24, 2.45) is 0 Å². The van der Waals surface area contributed by atoms with Gasteiger partial charge in [0, 0.05) is 30.6 Å². The number of hydrogen-bond acceptors (Lipinski definition) is 6. The maximum atomic E-state index is 11.6. The Labute approximate surface area is 173 Å². The molecule has 0 amide bonds. The predicted octanol–water partition coefficient (Wildman–Crippen LogP) is 4.02. The Bertz CT molecular complexity index is 1030. The molecule has 1 heterocycles. The number of nitrogens with zero attached hydrogens (tertiary/aromatic N) is 1. The van der Waals surface area contributed by atoms with Gasteiger partial charge in [0.05, 0.1) is 13.4 Å². The van der Waals surface area contributed by atoms with Gasteiger partial charge in [-0.2, -0.15) is 0 Å². The van der Waals surface area contributed by atoms with E-state index in [-0.39, 0.29) is 17.9 Å². The van der Waals surface area contributed by atoms with Crippen LogP contribution in [0.25, 0.3) is 5.57 Å². The van der Waals surface area contributed by atoms with Crippen LogP contribution in [-0.2, 0) is 22.7 Å². The molecule has 0 saturated heterocycles. The molecule has 0 radical (unpaired) electrons. The van der Waals surface area contributed by atoms with Gasteiger partial charge in [-0.3, -0.25) is 4.98 Å². The second-order valence-corrected chi connectivity index (χ2v) is 6.32. The fraction of sp³-hybridized carbons (Fsp3) is 0.130. The number of methoxy groups -OCH3 is 1. The van der Waals surface area contributed by atoms with Gasteiger partial charge in [-0.1, -0.05) is 24.3 Å². The number of hydrogen-bond donors (Lipinski definition) is 2. The molecule has 7 heteroatoms. The molecule has 0 aliphatic rings. The van der Waals surface area contributed by atoms with Crippen molar-refractivity contribution in [2.75, 3.05) is 7.11 Å². The van der Waals surface area contributed by atoms with Crippen molar-refractivity contribution in [3.63, 3.8) is 0 Å². The van der Waals surface area contributed by atoms with Gasteiger partial charge in [-0.05, 0) is 28.8 Å². The first-order valence-electron chi connectivity index (χ1n) is 9.10. The molecule has 3 aromatic rings. The largest absolute Gasteiger partial charge is 0.508 e. The van der Waals surface area contributed by atoms with Gasteiger partial charge in [0.2, 0.25) is 0 Å². The SMILES string of the molecule is COC=C(C(=O)O)c1ccccc1COc1cc(O)cc(OCc2ccncc2)c1. The van der Waals surface area contributed by atoms with Crippen molar-refractivity contribution in [3.05, 3.63) is 89.9 Å². The van der Waals surface area contributed by atoms with Crippen LogP contribution in [0.2, 0.25) is 0 Å². The van der Waals surface area contributed by atoms with Crippen LogP contribution >= 0.6 is 0 Å². The summed E-state index contributed by atoms with van der Waals surface area (Å²) in [6.07, 6.45) is 4.54. The standard InChI is InChI=1S/C23H21NO6/c1-28-15-22(23(26)27)21-5-3-2-4-17(21)14-30-20-11-18(25)10-19(12-20)29-13-16-6-8-24-9-7-16/h2-12,15,25H,13-14H2,1H3,(H,26,27). The van der Waals surface area contributed by atoms with Gasteiger partial charge in [-0.15, -0.1) is 0 Å². The number of phenolic OH excluding ortho intramolecular Hbond substituents is 1. The molecule has 2 aromatic carbocycles. The summed E-state index contributed by atoms with van der Waals surface area (Å²) in [6, 6.07) is 15.3. The normalized spacial score (nSPS) is 11.0. The zero-order chi connectivity index (χ0) is 21.3. The lowest BCUT2D eigenvalue weighted by Crippen LogP contribution is -2.06. The molecule has 154 valence electrons. The number of phenols is 1. The predicted molar refractivity (Wildman–Crippen MR) is 110 cm³/mol. The minimum atomic E-state index is -1.10. The lowest BCUT2D eigenvalue weighted by molar-refractivity contribution is -0.130. The van der Waals surface area contributed by atoms with Gasteiger partial charge in [0.1, 0.15) is 36.0 Å². The summed E-state index contributed by atoms with van der Waals surface area (Å²) in [5, 5.41) is 19.5. The summed E-state index contributed by atoms with van der Waals surface area (Å²) < 4.78 is 16.4. The Morgan fingerprint density at radius 3 is 2.33 bits per heavy atom. The first-order valence-corrected chi connectivity index (χ1v) is 9.10. The molecule has 0 unspecified atom stereocenters. The summed E-state index contributed by atoms with van der Waals surface area (Å²) in [5.74, 6) is -0.271. The monoisotopic (exact) mass is 407 g/mol. The van der Waals surface area contributed by atoms with Gasteiger partial charge in [-0.25, -0.2) is 4.79 Å². The third-order valence-electron chi connectivity index (χ3n) is 4.19. The summed E-state index contributed by atoms with van der Waals surface area (Å²) in [4.78, 5) is 15.5. The Hall–Kier alpha value is -4.00. The van der Waals surface area contributed by atoms with E-state index in [1.807, 2.05) is 12.1 Å². The van der Waals surface area contributed by atoms with Crippen molar-refractivity contribution in [1.29, 1.82) is 0 Å². The quantitative estimate of drug-likeness (QED) is 0.408. The van der Waals surface area contributed by atoms with Crippen molar-refractivity contribution in [3.8, 4) is 17.2 Å². The number of carboxylic acid groups (broad SMARTS) is 1. The Balaban J connectivity index is 1.74. The van der Waals surface area contributed by atoms with E-state index < -0.39 is 5.97 Å². The number of aromatic nitrogens is 1. The van der Waals surface area contributed by atoms with E-state index in [0.29, 0.717) is 29.2 Å². The van der Waals surface area contributed by atoms with E-state index in [2.05, 4.69) is 4.98 Å². The van der Waals surface area contributed by atoms with Crippen LogP contribution in [-0.4, -0.2) is 28.3 Å². The third-order valence-corrected chi connectivity index (χ3v) is 4.19. The highest BCUT2D eigenvalue weighted by atomic mass is 16.5. The van der Waals surface area contributed by atoms with E-state index in [1.54, 1.807) is 42.7 Å². The molecule has 3 rings (SSSR count). The third kappa shape index (κ3) is 5.51. The number of benzene rings is 2. The number of pyridine rings is 1. The summed E-state index contributed by atoms with van der Waals surface area (Å²) in [6.45, 7) is 0.412. The smallest absolute Gasteiger partial charge is 0.339 e. The minimum absolute atomic E-state index is 0.00369. The summed E-state index contributed by atoms with van der Waals surface area (Å²) >= 11 is 0. The summed E-state index contributed by atoms with van der Waals surface area (Å²) in [5.41, 5.74) is 2.11. The van der Waals surface area contributed by atoms with E-state index in [9.17, 15) is 15.0 Å². The highest BCUT2D eigenvalue weighted by Crippen LogP contribution is 2.29. The average Bonchev–Trinajstić information content (AvgIpc) is 2.75. The molecule has 0 aliphatic heterocycles. The van der Waals surface area contributed by atoms with Crippen LogP contribution in [0.1, 0.15) is 16.7 Å². The van der Waals surface area contributed by atoms with Gasteiger partial charge >= 0.3 is 5.97 Å². The molecule has 0 bridgehead atoms. The highest BCUT2D eigenvalue weighted by Gasteiger charge is 2.15. The van der Waals surface area contributed by atoms with Gasteiger partial charge in [0.25, 0.3) is 0 Å². The van der Waals surface area contributed by atoms with E-state index in [0.717, 1.165) is 5.56 Å². The van der Waals surface area contributed by atoms with Crippen molar-refractivity contribution in [2.45, 2.75) is 13.2 Å². The lowest BCUT2D eigenvalue weighted by Gasteiger charge is -2.13. The Kier molecular flexibility index (Phi) is 6.89. The van der Waals surface area contributed by atoms with Crippen LogP contribution in [0.15, 0.2) is 73.3 Å². The molecule has 0 fully saturated rings.